The maximum absolute atomic E-state index is 13.2. The number of hydrogen-bond acceptors (Lipinski definition) is 3. The Hall–Kier alpha value is -2.44. The highest BCUT2D eigenvalue weighted by Gasteiger charge is 2.42. The molecular weight excluding hydrogens is 289 g/mol. The van der Waals surface area contributed by atoms with Crippen molar-refractivity contribution in [1.82, 2.24) is 15.1 Å². The normalized spacial score (nSPS) is 24.8. The molecule has 3 rings (SSSR count). The predicted molar refractivity (Wildman–Crippen MR) is 75.4 cm³/mol. The van der Waals surface area contributed by atoms with Gasteiger partial charge in [-0.05, 0) is 25.1 Å². The minimum absolute atomic E-state index is 0.125. The summed E-state index contributed by atoms with van der Waals surface area (Å²) in [6.45, 7) is 2.40. The molecule has 1 aromatic carbocycles. The first kappa shape index (κ1) is 14.5. The molecule has 1 N–H and O–H groups in total. The summed E-state index contributed by atoms with van der Waals surface area (Å²) in [5.41, 5.74) is 0.240. The summed E-state index contributed by atoms with van der Waals surface area (Å²) in [6, 6.07) is 4.24. The number of nitrogens with one attached hydrogen (secondary N) is 1. The fourth-order valence-electron chi connectivity index (χ4n) is 2.88. The van der Waals surface area contributed by atoms with E-state index < -0.39 is 17.9 Å². The van der Waals surface area contributed by atoms with Gasteiger partial charge in [-0.15, -0.1) is 0 Å². The van der Waals surface area contributed by atoms with E-state index in [1.807, 2.05) is 0 Å². The molecule has 0 bridgehead atoms. The van der Waals surface area contributed by atoms with Gasteiger partial charge in [-0.3, -0.25) is 14.4 Å². The molecule has 2 saturated heterocycles. The Kier molecular flexibility index (Phi) is 3.56. The van der Waals surface area contributed by atoms with Crippen LogP contribution in [0.2, 0.25) is 0 Å². The first-order chi connectivity index (χ1) is 10.5. The predicted octanol–water partition coefficient (Wildman–Crippen LogP) is -0.00300. The molecule has 0 aromatic heterocycles. The lowest BCUT2D eigenvalue weighted by Crippen LogP contribution is -2.69. The van der Waals surface area contributed by atoms with Crippen LogP contribution in [0.25, 0.3) is 0 Å². The second-order valence-corrected chi connectivity index (χ2v) is 5.54. The summed E-state index contributed by atoms with van der Waals surface area (Å²) in [7, 11) is 0. The maximum atomic E-state index is 13.2. The van der Waals surface area contributed by atoms with Crippen molar-refractivity contribution in [2.24, 2.45) is 0 Å². The lowest BCUT2D eigenvalue weighted by atomic mass is 10.0. The molecule has 0 spiro atoms. The van der Waals surface area contributed by atoms with Crippen LogP contribution in [0.1, 0.15) is 17.3 Å². The van der Waals surface area contributed by atoms with E-state index in [0.717, 1.165) is 0 Å². The molecule has 7 heteroatoms. The third-order valence-electron chi connectivity index (χ3n) is 4.05. The maximum Gasteiger partial charge on any atom is 0.254 e. The summed E-state index contributed by atoms with van der Waals surface area (Å²) < 4.78 is 13.2. The highest BCUT2D eigenvalue weighted by atomic mass is 19.1. The van der Waals surface area contributed by atoms with Gasteiger partial charge in [-0.25, -0.2) is 4.39 Å². The van der Waals surface area contributed by atoms with Crippen molar-refractivity contribution in [3.8, 4) is 0 Å². The molecule has 116 valence electrons. The van der Waals surface area contributed by atoms with Crippen molar-refractivity contribution < 1.29 is 18.8 Å². The van der Waals surface area contributed by atoms with Crippen LogP contribution in [0, 0.1) is 5.82 Å². The van der Waals surface area contributed by atoms with Gasteiger partial charge in [0.1, 0.15) is 17.9 Å². The van der Waals surface area contributed by atoms with Gasteiger partial charge in [0, 0.05) is 18.7 Å². The number of rotatable bonds is 1. The lowest BCUT2D eigenvalue weighted by molar-refractivity contribution is -0.151. The zero-order valence-corrected chi connectivity index (χ0v) is 12.1. The Morgan fingerprint density at radius 1 is 1.32 bits per heavy atom. The van der Waals surface area contributed by atoms with Crippen LogP contribution >= 0.6 is 0 Å². The van der Waals surface area contributed by atoms with E-state index in [4.69, 9.17) is 0 Å². The van der Waals surface area contributed by atoms with E-state index in [2.05, 4.69) is 5.32 Å². The van der Waals surface area contributed by atoms with Gasteiger partial charge < -0.3 is 15.1 Å². The molecule has 0 aliphatic carbocycles. The highest BCUT2D eigenvalue weighted by Crippen LogP contribution is 2.18. The smallest absolute Gasteiger partial charge is 0.254 e. The summed E-state index contributed by atoms with van der Waals surface area (Å²) in [4.78, 5) is 39.5. The quantitative estimate of drug-likeness (QED) is 0.794. The fraction of sp³-hybridized carbons (Fsp3) is 0.400. The average Bonchev–Trinajstić information content (AvgIpc) is 2.51. The molecule has 0 saturated carbocycles. The molecular formula is C15H16FN3O3. The summed E-state index contributed by atoms with van der Waals surface area (Å²) >= 11 is 0. The van der Waals surface area contributed by atoms with Crippen LogP contribution in [0.4, 0.5) is 4.39 Å². The van der Waals surface area contributed by atoms with Crippen molar-refractivity contribution in [3.05, 3.63) is 35.6 Å². The van der Waals surface area contributed by atoms with Crippen molar-refractivity contribution in [3.63, 3.8) is 0 Å². The van der Waals surface area contributed by atoms with Gasteiger partial charge >= 0.3 is 0 Å². The Balaban J connectivity index is 1.78. The second kappa shape index (κ2) is 5.40. The zero-order valence-electron chi connectivity index (χ0n) is 12.1. The van der Waals surface area contributed by atoms with Crippen molar-refractivity contribution in [2.45, 2.75) is 19.0 Å². The monoisotopic (exact) mass is 305 g/mol. The number of benzene rings is 1. The molecule has 1 aromatic rings. The molecule has 2 fully saturated rings. The minimum atomic E-state index is -0.671. The van der Waals surface area contributed by atoms with E-state index >= 15 is 0 Å². The molecule has 6 nitrogen and oxygen atoms in total. The molecule has 2 unspecified atom stereocenters. The number of carbonyl (C=O) groups is 3. The van der Waals surface area contributed by atoms with Gasteiger partial charge in [-0.2, -0.15) is 0 Å². The number of piperazine rings is 2. The Morgan fingerprint density at radius 3 is 2.82 bits per heavy atom. The lowest BCUT2D eigenvalue weighted by Gasteiger charge is -2.44. The van der Waals surface area contributed by atoms with E-state index in [1.54, 1.807) is 6.92 Å². The number of fused-ring (bicyclic) bond motifs is 1. The van der Waals surface area contributed by atoms with Crippen molar-refractivity contribution in [2.75, 3.05) is 19.6 Å². The summed E-state index contributed by atoms with van der Waals surface area (Å²) in [5.74, 6) is -1.21. The zero-order chi connectivity index (χ0) is 15.9. The molecule has 22 heavy (non-hydrogen) atoms. The Bertz CT molecular complexity index is 649. The molecule has 2 atom stereocenters. The van der Waals surface area contributed by atoms with Gasteiger partial charge in [0.15, 0.2) is 0 Å². The SMILES string of the molecule is CC1NC(=O)C2CN(C(=O)c3cccc(F)c3)CCN2C1=O. The van der Waals surface area contributed by atoms with Crippen LogP contribution in [-0.4, -0.2) is 59.2 Å². The van der Waals surface area contributed by atoms with E-state index in [0.29, 0.717) is 13.1 Å². The van der Waals surface area contributed by atoms with Gasteiger partial charge in [-0.1, -0.05) is 6.07 Å². The largest absolute Gasteiger partial charge is 0.343 e. The number of carbonyl (C=O) groups excluding carboxylic acids is 3. The summed E-state index contributed by atoms with van der Waals surface area (Å²) in [5, 5.41) is 2.61. The number of amides is 3. The Morgan fingerprint density at radius 2 is 2.09 bits per heavy atom. The van der Waals surface area contributed by atoms with E-state index in [9.17, 15) is 18.8 Å². The van der Waals surface area contributed by atoms with Crippen molar-refractivity contribution >= 4 is 17.7 Å². The van der Waals surface area contributed by atoms with Crippen LogP contribution in [-0.2, 0) is 9.59 Å². The van der Waals surface area contributed by atoms with E-state index in [1.165, 1.54) is 34.1 Å². The van der Waals surface area contributed by atoms with Crippen LogP contribution < -0.4 is 5.32 Å². The minimum Gasteiger partial charge on any atom is -0.343 e. The average molecular weight is 305 g/mol. The number of halogens is 1. The third kappa shape index (κ3) is 2.43. The topological polar surface area (TPSA) is 69.7 Å². The second-order valence-electron chi connectivity index (χ2n) is 5.54. The summed E-state index contributed by atoms with van der Waals surface area (Å²) in [6.07, 6.45) is 0. The van der Waals surface area contributed by atoms with Crippen LogP contribution in [0.5, 0.6) is 0 Å². The van der Waals surface area contributed by atoms with Crippen LogP contribution in [0.3, 0.4) is 0 Å². The Labute approximate surface area is 126 Å². The first-order valence-electron chi connectivity index (χ1n) is 7.13. The standard InChI is InChI=1S/C15H16FN3O3/c1-9-14(21)19-6-5-18(8-12(19)13(20)17-9)15(22)10-3-2-4-11(16)7-10/h2-4,7,9,12H,5-6,8H2,1H3,(H,17,20). The fourth-order valence-corrected chi connectivity index (χ4v) is 2.88. The van der Waals surface area contributed by atoms with Crippen molar-refractivity contribution in [1.29, 1.82) is 0 Å². The third-order valence-corrected chi connectivity index (χ3v) is 4.05. The van der Waals surface area contributed by atoms with E-state index in [-0.39, 0.29) is 29.8 Å². The molecule has 3 amide bonds. The number of hydrogen-bond donors (Lipinski definition) is 1. The number of nitrogens with zero attached hydrogens (tertiary/aromatic N) is 2. The van der Waals surface area contributed by atoms with Gasteiger partial charge in [0.05, 0.1) is 6.54 Å². The van der Waals surface area contributed by atoms with Gasteiger partial charge in [0.25, 0.3) is 5.91 Å². The van der Waals surface area contributed by atoms with Crippen LogP contribution in [0.15, 0.2) is 24.3 Å². The van der Waals surface area contributed by atoms with Gasteiger partial charge in [0.2, 0.25) is 11.8 Å². The molecule has 2 aliphatic heterocycles. The first-order valence-corrected chi connectivity index (χ1v) is 7.13. The molecule has 2 heterocycles. The molecule has 0 radical (unpaired) electrons. The highest BCUT2D eigenvalue weighted by molar-refractivity contribution is 5.99. The molecule has 2 aliphatic rings.